The fraction of sp³-hybridized carbons (Fsp3) is 0.316. The summed E-state index contributed by atoms with van der Waals surface area (Å²) in [6, 6.07) is 13.8. The summed E-state index contributed by atoms with van der Waals surface area (Å²) in [5, 5.41) is 24.5. The molecule has 0 spiro atoms. The van der Waals surface area contributed by atoms with E-state index >= 15 is 0 Å². The third-order valence-corrected chi connectivity index (χ3v) is 4.62. The van der Waals surface area contributed by atoms with Crippen LogP contribution in [-0.2, 0) is 23.2 Å². The van der Waals surface area contributed by atoms with Crippen LogP contribution in [0.1, 0.15) is 29.5 Å². The fourth-order valence-corrected chi connectivity index (χ4v) is 3.35. The molecule has 1 atom stereocenters. The highest BCUT2D eigenvalue weighted by Crippen LogP contribution is 2.34. The number of nitrogens with zero attached hydrogens (tertiary/aromatic N) is 1. The lowest BCUT2D eigenvalue weighted by molar-refractivity contribution is -0.384. The van der Waals surface area contributed by atoms with Gasteiger partial charge >= 0.3 is 0 Å². The lowest BCUT2D eigenvalue weighted by atomic mass is 9.79. The van der Waals surface area contributed by atoms with Crippen LogP contribution in [0.15, 0.2) is 48.5 Å². The van der Waals surface area contributed by atoms with Crippen molar-refractivity contribution in [2.75, 3.05) is 6.54 Å². The van der Waals surface area contributed by atoms with Gasteiger partial charge in [0.1, 0.15) is 5.60 Å². The number of aliphatic hydroxyl groups is 1. The first-order chi connectivity index (χ1) is 12.0. The third kappa shape index (κ3) is 3.85. The monoisotopic (exact) mass is 340 g/mol. The topological polar surface area (TPSA) is 92.5 Å². The van der Waals surface area contributed by atoms with Crippen LogP contribution in [0.3, 0.4) is 0 Å². The van der Waals surface area contributed by atoms with Crippen LogP contribution in [-0.4, -0.2) is 22.5 Å². The number of hydrogen-bond acceptors (Lipinski definition) is 4. The van der Waals surface area contributed by atoms with Crippen LogP contribution < -0.4 is 5.32 Å². The molecular weight excluding hydrogens is 320 g/mol. The molecule has 1 unspecified atom stereocenters. The first-order valence-electron chi connectivity index (χ1n) is 8.29. The van der Waals surface area contributed by atoms with Crippen molar-refractivity contribution in [3.8, 4) is 0 Å². The molecule has 0 aliphatic heterocycles. The summed E-state index contributed by atoms with van der Waals surface area (Å²) < 4.78 is 0. The smallest absolute Gasteiger partial charge is 0.269 e. The molecule has 2 aromatic rings. The Balaban J connectivity index is 1.65. The molecule has 0 bridgehead atoms. The number of nitro groups is 1. The highest BCUT2D eigenvalue weighted by atomic mass is 16.6. The zero-order chi connectivity index (χ0) is 17.9. The maximum absolute atomic E-state index is 12.2. The van der Waals surface area contributed by atoms with Crippen molar-refractivity contribution in [2.24, 2.45) is 0 Å². The van der Waals surface area contributed by atoms with Crippen molar-refractivity contribution >= 4 is 11.6 Å². The maximum Gasteiger partial charge on any atom is 0.269 e. The van der Waals surface area contributed by atoms with Crippen LogP contribution in [0, 0.1) is 10.1 Å². The number of carbonyl (C=O) groups is 1. The molecular formula is C19H20N2O4. The van der Waals surface area contributed by atoms with Crippen molar-refractivity contribution in [3.05, 3.63) is 75.3 Å². The second kappa shape index (κ2) is 7.03. The second-order valence-corrected chi connectivity index (χ2v) is 6.42. The minimum atomic E-state index is -1.06. The molecule has 0 saturated carbocycles. The van der Waals surface area contributed by atoms with E-state index in [0.717, 1.165) is 24.0 Å². The predicted octanol–water partition coefficient (Wildman–Crippen LogP) is 2.48. The number of benzene rings is 2. The van der Waals surface area contributed by atoms with Gasteiger partial charge in [-0.1, -0.05) is 36.4 Å². The zero-order valence-electron chi connectivity index (χ0n) is 13.8. The van der Waals surface area contributed by atoms with Crippen LogP contribution in [0.2, 0.25) is 0 Å². The summed E-state index contributed by atoms with van der Waals surface area (Å²) in [4.78, 5) is 22.5. The van der Waals surface area contributed by atoms with Gasteiger partial charge in [0.05, 0.1) is 17.9 Å². The van der Waals surface area contributed by atoms with E-state index in [2.05, 4.69) is 5.32 Å². The number of amides is 1. The molecule has 2 N–H and O–H groups in total. The molecule has 2 aromatic carbocycles. The second-order valence-electron chi connectivity index (χ2n) is 6.42. The summed E-state index contributed by atoms with van der Waals surface area (Å²) >= 11 is 0. The first-order valence-corrected chi connectivity index (χ1v) is 8.29. The van der Waals surface area contributed by atoms with Crippen LogP contribution in [0.25, 0.3) is 0 Å². The number of non-ortho nitro benzene ring substituents is 1. The minimum absolute atomic E-state index is 0.0369. The van der Waals surface area contributed by atoms with Crippen molar-refractivity contribution in [1.82, 2.24) is 5.32 Å². The SMILES string of the molecule is O=C(Cc1cccc([N+](=O)[O-])c1)NCC1(O)CCCc2ccccc21. The molecule has 6 heteroatoms. The van der Waals surface area contributed by atoms with E-state index < -0.39 is 10.5 Å². The molecule has 1 amide bonds. The normalized spacial score (nSPS) is 19.1. The summed E-state index contributed by atoms with van der Waals surface area (Å²) in [6.07, 6.45) is 2.44. The predicted molar refractivity (Wildman–Crippen MR) is 93.1 cm³/mol. The van der Waals surface area contributed by atoms with Crippen LogP contribution >= 0.6 is 0 Å². The van der Waals surface area contributed by atoms with Gasteiger partial charge in [-0.25, -0.2) is 0 Å². The molecule has 0 fully saturated rings. The van der Waals surface area contributed by atoms with Crippen LogP contribution in [0.5, 0.6) is 0 Å². The summed E-state index contributed by atoms with van der Waals surface area (Å²) in [6.45, 7) is 0.137. The van der Waals surface area contributed by atoms with E-state index in [-0.39, 0.29) is 24.6 Å². The van der Waals surface area contributed by atoms with Gasteiger partial charge < -0.3 is 10.4 Å². The molecule has 130 valence electrons. The summed E-state index contributed by atoms with van der Waals surface area (Å²) in [7, 11) is 0. The lowest BCUT2D eigenvalue weighted by Gasteiger charge is -2.34. The summed E-state index contributed by atoms with van der Waals surface area (Å²) in [5.41, 5.74) is 1.46. The van der Waals surface area contributed by atoms with Crippen molar-refractivity contribution in [3.63, 3.8) is 0 Å². The minimum Gasteiger partial charge on any atom is -0.383 e. The number of nitro benzene ring substituents is 1. The number of aryl methyl sites for hydroxylation is 1. The molecule has 3 rings (SSSR count). The number of nitrogens with one attached hydrogen (secondary N) is 1. The van der Waals surface area contributed by atoms with Gasteiger partial charge in [0.2, 0.25) is 5.91 Å². The van der Waals surface area contributed by atoms with E-state index in [1.807, 2.05) is 24.3 Å². The van der Waals surface area contributed by atoms with Gasteiger partial charge in [-0.2, -0.15) is 0 Å². The van der Waals surface area contributed by atoms with Crippen LogP contribution in [0.4, 0.5) is 5.69 Å². The Morgan fingerprint density at radius 1 is 1.24 bits per heavy atom. The number of hydrogen-bond donors (Lipinski definition) is 2. The zero-order valence-corrected chi connectivity index (χ0v) is 13.8. The third-order valence-electron chi connectivity index (χ3n) is 4.62. The largest absolute Gasteiger partial charge is 0.383 e. The lowest BCUT2D eigenvalue weighted by Crippen LogP contribution is -2.43. The van der Waals surface area contributed by atoms with E-state index in [4.69, 9.17) is 0 Å². The Labute approximate surface area is 145 Å². The molecule has 1 aliphatic rings. The van der Waals surface area contributed by atoms with Gasteiger partial charge in [0.25, 0.3) is 5.69 Å². The van der Waals surface area contributed by atoms with E-state index in [9.17, 15) is 20.0 Å². The molecule has 0 saturated heterocycles. The quantitative estimate of drug-likeness (QED) is 0.646. The van der Waals surface area contributed by atoms with Crippen molar-refractivity contribution < 1.29 is 14.8 Å². The molecule has 0 aromatic heterocycles. The van der Waals surface area contributed by atoms with Gasteiger partial charge in [-0.15, -0.1) is 0 Å². The Bertz CT molecular complexity index is 806. The maximum atomic E-state index is 12.2. The molecule has 0 heterocycles. The van der Waals surface area contributed by atoms with Gasteiger partial charge in [-0.3, -0.25) is 14.9 Å². The van der Waals surface area contributed by atoms with Gasteiger partial charge in [0.15, 0.2) is 0 Å². The summed E-state index contributed by atoms with van der Waals surface area (Å²) in [5.74, 6) is -0.267. The van der Waals surface area contributed by atoms with Crippen molar-refractivity contribution in [1.29, 1.82) is 0 Å². The standard InChI is InChI=1S/C19H20N2O4/c22-18(12-14-5-3-8-16(11-14)21(24)25)20-13-19(23)10-4-7-15-6-1-2-9-17(15)19/h1-3,5-6,8-9,11,23H,4,7,10,12-13H2,(H,20,22). The Morgan fingerprint density at radius 2 is 2.04 bits per heavy atom. The number of rotatable bonds is 5. The highest BCUT2D eigenvalue weighted by Gasteiger charge is 2.34. The Kier molecular flexibility index (Phi) is 4.81. The van der Waals surface area contributed by atoms with Crippen molar-refractivity contribution in [2.45, 2.75) is 31.3 Å². The molecule has 25 heavy (non-hydrogen) atoms. The van der Waals surface area contributed by atoms with E-state index in [1.165, 1.54) is 12.1 Å². The number of carbonyl (C=O) groups excluding carboxylic acids is 1. The van der Waals surface area contributed by atoms with E-state index in [0.29, 0.717) is 12.0 Å². The molecule has 6 nitrogen and oxygen atoms in total. The average molecular weight is 340 g/mol. The Hall–Kier alpha value is -2.73. The highest BCUT2D eigenvalue weighted by molar-refractivity contribution is 5.78. The van der Waals surface area contributed by atoms with Gasteiger partial charge in [-0.05, 0) is 36.0 Å². The first kappa shape index (κ1) is 17.1. The molecule has 0 radical (unpaired) electrons. The van der Waals surface area contributed by atoms with Gasteiger partial charge in [0, 0.05) is 12.1 Å². The number of fused-ring (bicyclic) bond motifs is 1. The van der Waals surface area contributed by atoms with E-state index in [1.54, 1.807) is 12.1 Å². The average Bonchev–Trinajstić information content (AvgIpc) is 2.61. The fourth-order valence-electron chi connectivity index (χ4n) is 3.35. The Morgan fingerprint density at radius 3 is 2.84 bits per heavy atom. The molecule has 1 aliphatic carbocycles.